The molecule has 1 amide bonds. The van der Waals surface area contributed by atoms with Crippen LogP contribution in [0.3, 0.4) is 0 Å². The fourth-order valence-electron chi connectivity index (χ4n) is 3.20. The van der Waals surface area contributed by atoms with E-state index in [-0.39, 0.29) is 11.5 Å². The first-order chi connectivity index (χ1) is 12.6. The highest BCUT2D eigenvalue weighted by atomic mass is 16.2. The van der Waals surface area contributed by atoms with Gasteiger partial charge in [-0.15, -0.1) is 0 Å². The van der Waals surface area contributed by atoms with Crippen molar-refractivity contribution < 1.29 is 4.79 Å². The van der Waals surface area contributed by atoms with Gasteiger partial charge in [0.25, 0.3) is 5.56 Å². The summed E-state index contributed by atoms with van der Waals surface area (Å²) in [6.45, 7) is 2.31. The molecule has 2 aromatic rings. The quantitative estimate of drug-likeness (QED) is 0.811. The molecule has 1 aromatic heterocycles. The second-order valence-electron chi connectivity index (χ2n) is 6.69. The van der Waals surface area contributed by atoms with Gasteiger partial charge in [-0.1, -0.05) is 42.0 Å². The van der Waals surface area contributed by atoms with Crippen molar-refractivity contribution in [2.24, 2.45) is 0 Å². The van der Waals surface area contributed by atoms with Crippen LogP contribution in [0.4, 0.5) is 0 Å². The first-order valence-corrected chi connectivity index (χ1v) is 9.26. The zero-order valence-electron chi connectivity index (χ0n) is 15.1. The number of benzene rings is 1. The molecule has 26 heavy (non-hydrogen) atoms. The molecule has 0 radical (unpaired) electrons. The smallest absolute Gasteiger partial charge is 0.267 e. The van der Waals surface area contributed by atoms with E-state index in [0.717, 1.165) is 24.8 Å². The number of nitrogens with zero attached hydrogens (tertiary/aromatic N) is 2. The molecule has 0 saturated heterocycles. The number of rotatable bonds is 6. The summed E-state index contributed by atoms with van der Waals surface area (Å²) < 4.78 is 1.26. The van der Waals surface area contributed by atoms with Crippen molar-refractivity contribution in [2.45, 2.75) is 45.1 Å². The first-order valence-electron chi connectivity index (χ1n) is 9.26. The molecule has 0 fully saturated rings. The van der Waals surface area contributed by atoms with E-state index in [1.807, 2.05) is 30.3 Å². The summed E-state index contributed by atoms with van der Waals surface area (Å²) in [6.07, 6.45) is 7.94. The Morgan fingerprint density at radius 1 is 1.19 bits per heavy atom. The molecule has 3 rings (SSSR count). The van der Waals surface area contributed by atoms with Crippen molar-refractivity contribution in [3.63, 3.8) is 0 Å². The minimum atomic E-state index is -0.647. The summed E-state index contributed by atoms with van der Waals surface area (Å²) in [5, 5.41) is 7.33. The standard InChI is InChI=1S/C21H25N3O2/c1-16(21(26)22-15-14-17-8-4-2-5-9-17)24-20(25)13-12-19(23-24)18-10-6-3-7-11-18/h3,6-8,10-13,16H,2,4-5,9,14-15H2,1H3,(H,22,26). The minimum absolute atomic E-state index is 0.179. The summed E-state index contributed by atoms with van der Waals surface area (Å²) in [6, 6.07) is 12.1. The van der Waals surface area contributed by atoms with Crippen molar-refractivity contribution in [3.8, 4) is 11.3 Å². The van der Waals surface area contributed by atoms with Crippen molar-refractivity contribution in [2.75, 3.05) is 6.54 Å². The molecular weight excluding hydrogens is 326 g/mol. The number of amides is 1. The van der Waals surface area contributed by atoms with E-state index in [9.17, 15) is 9.59 Å². The lowest BCUT2D eigenvalue weighted by Gasteiger charge is -2.16. The van der Waals surface area contributed by atoms with Gasteiger partial charge in [0.05, 0.1) is 5.69 Å². The lowest BCUT2D eigenvalue weighted by atomic mass is 9.97. The Hall–Kier alpha value is -2.69. The lowest BCUT2D eigenvalue weighted by Crippen LogP contribution is -2.37. The van der Waals surface area contributed by atoms with Crippen LogP contribution in [0, 0.1) is 0 Å². The molecule has 1 aliphatic carbocycles. The van der Waals surface area contributed by atoms with Crippen LogP contribution in [-0.2, 0) is 4.79 Å². The van der Waals surface area contributed by atoms with Crippen LogP contribution >= 0.6 is 0 Å². The third-order valence-electron chi connectivity index (χ3n) is 4.77. The Labute approximate surface area is 153 Å². The van der Waals surface area contributed by atoms with E-state index in [1.54, 1.807) is 13.0 Å². The maximum absolute atomic E-state index is 12.5. The zero-order chi connectivity index (χ0) is 18.4. The summed E-state index contributed by atoms with van der Waals surface area (Å²) >= 11 is 0. The average molecular weight is 351 g/mol. The Morgan fingerprint density at radius 2 is 2.00 bits per heavy atom. The van der Waals surface area contributed by atoms with Gasteiger partial charge < -0.3 is 5.32 Å². The van der Waals surface area contributed by atoms with Gasteiger partial charge in [-0.2, -0.15) is 5.10 Å². The molecule has 136 valence electrons. The Balaban J connectivity index is 1.66. The summed E-state index contributed by atoms with van der Waals surface area (Å²) in [7, 11) is 0. The highest BCUT2D eigenvalue weighted by Crippen LogP contribution is 2.19. The molecule has 0 spiro atoms. The summed E-state index contributed by atoms with van der Waals surface area (Å²) in [5.41, 5.74) is 2.74. The van der Waals surface area contributed by atoms with Crippen molar-refractivity contribution in [1.29, 1.82) is 0 Å². The van der Waals surface area contributed by atoms with E-state index >= 15 is 0 Å². The van der Waals surface area contributed by atoms with E-state index in [2.05, 4.69) is 16.5 Å². The van der Waals surface area contributed by atoms with Crippen LogP contribution in [0.1, 0.15) is 45.1 Å². The van der Waals surface area contributed by atoms with Crippen LogP contribution in [0.2, 0.25) is 0 Å². The van der Waals surface area contributed by atoms with Crippen LogP contribution in [0.25, 0.3) is 11.3 Å². The van der Waals surface area contributed by atoms with Gasteiger partial charge in [0.2, 0.25) is 5.91 Å². The number of carbonyl (C=O) groups is 1. The third kappa shape index (κ3) is 4.48. The molecular formula is C21H25N3O2. The van der Waals surface area contributed by atoms with Gasteiger partial charge in [-0.05, 0) is 45.1 Å². The van der Waals surface area contributed by atoms with Gasteiger partial charge in [-0.3, -0.25) is 9.59 Å². The summed E-state index contributed by atoms with van der Waals surface area (Å²) in [4.78, 5) is 24.6. The molecule has 1 aromatic carbocycles. The third-order valence-corrected chi connectivity index (χ3v) is 4.77. The lowest BCUT2D eigenvalue weighted by molar-refractivity contribution is -0.124. The predicted molar refractivity (Wildman–Crippen MR) is 103 cm³/mol. The molecule has 5 nitrogen and oxygen atoms in total. The van der Waals surface area contributed by atoms with Gasteiger partial charge >= 0.3 is 0 Å². The molecule has 0 aliphatic heterocycles. The van der Waals surface area contributed by atoms with E-state index in [1.165, 1.54) is 29.2 Å². The second-order valence-corrected chi connectivity index (χ2v) is 6.69. The van der Waals surface area contributed by atoms with E-state index < -0.39 is 6.04 Å². The second kappa shape index (κ2) is 8.61. The van der Waals surface area contributed by atoms with E-state index in [0.29, 0.717) is 12.2 Å². The monoisotopic (exact) mass is 351 g/mol. The molecule has 1 heterocycles. The van der Waals surface area contributed by atoms with Crippen molar-refractivity contribution in [1.82, 2.24) is 15.1 Å². The van der Waals surface area contributed by atoms with Crippen LogP contribution in [-0.4, -0.2) is 22.2 Å². The molecule has 0 bridgehead atoms. The van der Waals surface area contributed by atoms with Crippen molar-refractivity contribution >= 4 is 5.91 Å². The van der Waals surface area contributed by atoms with Gasteiger partial charge in [-0.25, -0.2) is 4.68 Å². The van der Waals surface area contributed by atoms with E-state index in [4.69, 9.17) is 0 Å². The average Bonchev–Trinajstić information content (AvgIpc) is 2.69. The fourth-order valence-corrected chi connectivity index (χ4v) is 3.20. The number of carbonyl (C=O) groups excluding carboxylic acids is 1. The Morgan fingerprint density at radius 3 is 2.73 bits per heavy atom. The maximum Gasteiger partial charge on any atom is 0.267 e. The SMILES string of the molecule is CC(C(=O)NCCC1=CCCCC1)n1nc(-c2ccccc2)ccc1=O. The largest absolute Gasteiger partial charge is 0.354 e. The molecule has 1 N–H and O–H groups in total. The highest BCUT2D eigenvalue weighted by Gasteiger charge is 2.18. The normalized spacial score (nSPS) is 15.2. The maximum atomic E-state index is 12.5. The number of aromatic nitrogens is 2. The number of hydrogen-bond acceptors (Lipinski definition) is 3. The van der Waals surface area contributed by atoms with Gasteiger partial charge in [0.1, 0.15) is 6.04 Å². The molecule has 0 saturated carbocycles. The predicted octanol–water partition coefficient (Wildman–Crippen LogP) is 3.48. The number of hydrogen-bond donors (Lipinski definition) is 1. The highest BCUT2D eigenvalue weighted by molar-refractivity contribution is 5.79. The van der Waals surface area contributed by atoms with Crippen LogP contribution < -0.4 is 10.9 Å². The molecule has 1 aliphatic rings. The molecule has 1 atom stereocenters. The number of nitrogens with one attached hydrogen (secondary N) is 1. The van der Waals surface area contributed by atoms with Gasteiger partial charge in [0.15, 0.2) is 0 Å². The zero-order valence-corrected chi connectivity index (χ0v) is 15.1. The first kappa shape index (κ1) is 18.1. The minimum Gasteiger partial charge on any atom is -0.354 e. The summed E-state index contributed by atoms with van der Waals surface area (Å²) in [5.74, 6) is -0.179. The molecule has 1 unspecified atom stereocenters. The Bertz CT molecular complexity index is 840. The van der Waals surface area contributed by atoms with Crippen LogP contribution in [0.15, 0.2) is 58.9 Å². The van der Waals surface area contributed by atoms with Gasteiger partial charge in [0, 0.05) is 18.2 Å². The topological polar surface area (TPSA) is 64.0 Å². The fraction of sp³-hybridized carbons (Fsp3) is 0.381. The van der Waals surface area contributed by atoms with Crippen molar-refractivity contribution in [3.05, 3.63) is 64.5 Å². The van der Waals surface area contributed by atoms with Crippen LogP contribution in [0.5, 0.6) is 0 Å². The Kier molecular flexibility index (Phi) is 6.00. The molecule has 5 heteroatoms. The number of allylic oxidation sites excluding steroid dienone is 1.